The highest BCUT2D eigenvalue weighted by Crippen LogP contribution is 2.16. The number of nitriles is 1. The van der Waals surface area contributed by atoms with Crippen molar-refractivity contribution in [2.45, 2.75) is 25.6 Å². The number of hydrogen-bond donors (Lipinski definition) is 3. The van der Waals surface area contributed by atoms with E-state index in [4.69, 9.17) is 5.26 Å². The normalized spacial score (nSPS) is 14.9. The van der Waals surface area contributed by atoms with Gasteiger partial charge in [-0.15, -0.1) is 0 Å². The molecule has 1 heterocycles. The summed E-state index contributed by atoms with van der Waals surface area (Å²) in [6.45, 7) is 1.74. The zero-order valence-corrected chi connectivity index (χ0v) is 7.23. The molecular weight excluding hydrogens is 170 g/mol. The van der Waals surface area contributed by atoms with Gasteiger partial charge in [0.2, 0.25) is 0 Å². The van der Waals surface area contributed by atoms with Gasteiger partial charge in [-0.1, -0.05) is 0 Å². The third kappa shape index (κ3) is 2.28. The summed E-state index contributed by atoms with van der Waals surface area (Å²) in [5, 5.41) is 27.0. The molecule has 70 valence electrons. The first-order valence-electron chi connectivity index (χ1n) is 3.89. The maximum Gasteiger partial charge on any atom is 0.122 e. The van der Waals surface area contributed by atoms with Gasteiger partial charge in [0.25, 0.3) is 0 Å². The lowest BCUT2D eigenvalue weighted by Gasteiger charge is -2.12. The molecule has 5 heteroatoms. The van der Waals surface area contributed by atoms with Gasteiger partial charge >= 0.3 is 0 Å². The van der Waals surface area contributed by atoms with Gasteiger partial charge in [0.05, 0.1) is 30.5 Å². The van der Waals surface area contributed by atoms with E-state index in [0.29, 0.717) is 11.5 Å². The smallest absolute Gasteiger partial charge is 0.122 e. The van der Waals surface area contributed by atoms with Crippen molar-refractivity contribution in [3.8, 4) is 6.07 Å². The van der Waals surface area contributed by atoms with Crippen molar-refractivity contribution in [2.75, 3.05) is 0 Å². The number of aromatic nitrogens is 2. The quantitative estimate of drug-likeness (QED) is 0.613. The van der Waals surface area contributed by atoms with Crippen molar-refractivity contribution >= 4 is 0 Å². The Kier molecular flexibility index (Phi) is 3.01. The van der Waals surface area contributed by atoms with E-state index in [1.807, 2.05) is 0 Å². The first-order valence-corrected chi connectivity index (χ1v) is 3.89. The summed E-state index contributed by atoms with van der Waals surface area (Å²) in [5.74, 6) is 0.665. The fourth-order valence-electron chi connectivity index (χ4n) is 1.00. The molecule has 5 nitrogen and oxygen atoms in total. The minimum atomic E-state index is -1.07. The number of aromatic amines is 1. The lowest BCUT2D eigenvalue weighted by molar-refractivity contribution is 0.0192. The second-order valence-electron chi connectivity index (χ2n) is 2.80. The topological polar surface area (TPSA) is 92.9 Å². The molecule has 0 bridgehead atoms. The van der Waals surface area contributed by atoms with Crippen LogP contribution >= 0.6 is 0 Å². The van der Waals surface area contributed by atoms with Crippen molar-refractivity contribution in [1.82, 2.24) is 9.97 Å². The summed E-state index contributed by atoms with van der Waals surface area (Å²) >= 11 is 0. The first-order chi connectivity index (χ1) is 6.15. The molecule has 1 aromatic rings. The second-order valence-corrected chi connectivity index (χ2v) is 2.80. The maximum atomic E-state index is 9.46. The molecule has 3 N–H and O–H groups in total. The van der Waals surface area contributed by atoms with Crippen LogP contribution in [0.5, 0.6) is 0 Å². The van der Waals surface area contributed by atoms with Gasteiger partial charge in [-0.05, 0) is 6.92 Å². The van der Waals surface area contributed by atoms with Crippen molar-refractivity contribution in [3.63, 3.8) is 0 Å². The summed E-state index contributed by atoms with van der Waals surface area (Å²) in [6.07, 6.45) is -0.787. The Hall–Kier alpha value is -1.38. The van der Waals surface area contributed by atoms with Crippen LogP contribution in [0, 0.1) is 18.3 Å². The minimum Gasteiger partial charge on any atom is -0.389 e. The number of hydrogen-bond acceptors (Lipinski definition) is 4. The summed E-state index contributed by atoms with van der Waals surface area (Å²) in [6, 6.07) is 1.78. The number of aliphatic hydroxyl groups is 2. The monoisotopic (exact) mass is 181 g/mol. The predicted octanol–water partition coefficient (Wildman–Crippen LogP) is 0.0261. The van der Waals surface area contributed by atoms with E-state index in [9.17, 15) is 10.2 Å². The van der Waals surface area contributed by atoms with Gasteiger partial charge in [0.1, 0.15) is 11.9 Å². The molecule has 0 aliphatic rings. The van der Waals surface area contributed by atoms with E-state index in [-0.39, 0.29) is 6.42 Å². The van der Waals surface area contributed by atoms with Crippen LogP contribution < -0.4 is 0 Å². The average molecular weight is 181 g/mol. The molecule has 1 rings (SSSR count). The van der Waals surface area contributed by atoms with Crippen molar-refractivity contribution in [2.24, 2.45) is 0 Å². The largest absolute Gasteiger partial charge is 0.389 e. The van der Waals surface area contributed by atoms with Gasteiger partial charge < -0.3 is 15.2 Å². The Morgan fingerprint density at radius 2 is 2.38 bits per heavy atom. The molecule has 0 amide bonds. The fourth-order valence-corrected chi connectivity index (χ4v) is 1.00. The lowest BCUT2D eigenvalue weighted by atomic mass is 10.1. The first kappa shape index (κ1) is 9.71. The molecule has 2 atom stereocenters. The highest BCUT2D eigenvalue weighted by atomic mass is 16.3. The zero-order chi connectivity index (χ0) is 9.84. The van der Waals surface area contributed by atoms with Crippen LogP contribution in [-0.2, 0) is 0 Å². The van der Waals surface area contributed by atoms with Gasteiger partial charge in [0, 0.05) is 0 Å². The number of nitrogens with one attached hydrogen (secondary N) is 1. The molecule has 0 saturated heterocycles. The van der Waals surface area contributed by atoms with Crippen molar-refractivity contribution in [3.05, 3.63) is 17.7 Å². The average Bonchev–Trinajstić information content (AvgIpc) is 2.51. The SMILES string of the molecule is Cc1ncc(C(O)C(O)CC#N)[nH]1. The number of H-pyrrole nitrogens is 1. The molecule has 0 radical (unpaired) electrons. The van der Waals surface area contributed by atoms with E-state index >= 15 is 0 Å². The molecular formula is C8H11N3O2. The van der Waals surface area contributed by atoms with E-state index in [2.05, 4.69) is 9.97 Å². The zero-order valence-electron chi connectivity index (χ0n) is 7.23. The third-order valence-corrected chi connectivity index (χ3v) is 1.71. The molecule has 13 heavy (non-hydrogen) atoms. The highest BCUT2D eigenvalue weighted by Gasteiger charge is 2.19. The van der Waals surface area contributed by atoms with Crippen molar-refractivity contribution in [1.29, 1.82) is 5.26 Å². The van der Waals surface area contributed by atoms with Crippen molar-refractivity contribution < 1.29 is 10.2 Å². The standard InChI is InChI=1S/C8H11N3O2/c1-5-10-4-6(11-5)8(13)7(12)2-3-9/h4,7-8,12-13H,2H2,1H3,(H,10,11). The minimum absolute atomic E-state index is 0.0980. The molecule has 1 aromatic heterocycles. The fraction of sp³-hybridized carbons (Fsp3) is 0.500. The van der Waals surface area contributed by atoms with Gasteiger partial charge in [0.15, 0.2) is 0 Å². The number of imidazole rings is 1. The van der Waals surface area contributed by atoms with E-state index < -0.39 is 12.2 Å². The Bertz CT molecular complexity index is 315. The van der Waals surface area contributed by atoms with E-state index in [0.717, 1.165) is 0 Å². The number of aliphatic hydroxyl groups excluding tert-OH is 2. The molecule has 0 aromatic carbocycles. The number of rotatable bonds is 3. The summed E-state index contributed by atoms with van der Waals surface area (Å²) in [4.78, 5) is 6.66. The number of nitrogens with zero attached hydrogens (tertiary/aromatic N) is 2. The third-order valence-electron chi connectivity index (χ3n) is 1.71. The molecule has 0 saturated carbocycles. The van der Waals surface area contributed by atoms with E-state index in [1.165, 1.54) is 6.20 Å². The number of aryl methyl sites for hydroxylation is 1. The molecule has 0 fully saturated rings. The van der Waals surface area contributed by atoms with Crippen LogP contribution in [0.1, 0.15) is 24.0 Å². The van der Waals surface area contributed by atoms with Crippen LogP contribution in [-0.4, -0.2) is 26.3 Å². The van der Waals surface area contributed by atoms with Crippen LogP contribution in [0.3, 0.4) is 0 Å². The highest BCUT2D eigenvalue weighted by molar-refractivity contribution is 5.06. The maximum absolute atomic E-state index is 9.46. The summed E-state index contributed by atoms with van der Waals surface area (Å²) in [7, 11) is 0. The second kappa shape index (κ2) is 4.03. The van der Waals surface area contributed by atoms with E-state index in [1.54, 1.807) is 13.0 Å². The molecule has 0 spiro atoms. The Labute approximate surface area is 75.7 Å². The van der Waals surface area contributed by atoms with Crippen LogP contribution in [0.15, 0.2) is 6.20 Å². The van der Waals surface area contributed by atoms with Gasteiger partial charge in [-0.2, -0.15) is 5.26 Å². The van der Waals surface area contributed by atoms with Gasteiger partial charge in [-0.25, -0.2) is 4.98 Å². The van der Waals surface area contributed by atoms with Crippen LogP contribution in [0.2, 0.25) is 0 Å². The van der Waals surface area contributed by atoms with Crippen LogP contribution in [0.4, 0.5) is 0 Å². The van der Waals surface area contributed by atoms with Crippen LogP contribution in [0.25, 0.3) is 0 Å². The summed E-state index contributed by atoms with van der Waals surface area (Å²) in [5.41, 5.74) is 0.431. The van der Waals surface area contributed by atoms with Gasteiger partial charge in [-0.3, -0.25) is 0 Å². The lowest BCUT2D eigenvalue weighted by Crippen LogP contribution is -2.17. The Balaban J connectivity index is 2.68. The molecule has 2 unspecified atom stereocenters. The Morgan fingerprint density at radius 1 is 1.69 bits per heavy atom. The summed E-state index contributed by atoms with van der Waals surface area (Å²) < 4.78 is 0. The predicted molar refractivity (Wildman–Crippen MR) is 44.5 cm³/mol. The Morgan fingerprint density at radius 3 is 2.85 bits per heavy atom. The molecule has 0 aliphatic carbocycles. The molecule has 0 aliphatic heterocycles.